The molecule has 1 aromatic heterocycles. The van der Waals surface area contributed by atoms with Crippen molar-refractivity contribution in [3.05, 3.63) is 54.0 Å². The summed E-state index contributed by atoms with van der Waals surface area (Å²) in [6.45, 7) is 1.53. The number of guanidine groups is 1. The predicted molar refractivity (Wildman–Crippen MR) is 115 cm³/mol. The average molecular weight is 474 g/mol. The molecule has 1 amide bonds. The van der Waals surface area contributed by atoms with E-state index in [-0.39, 0.29) is 29.9 Å². The molecule has 25 heavy (non-hydrogen) atoms. The van der Waals surface area contributed by atoms with E-state index < -0.39 is 0 Å². The Morgan fingerprint density at radius 1 is 1.20 bits per heavy atom. The van der Waals surface area contributed by atoms with E-state index >= 15 is 0 Å². The lowest BCUT2D eigenvalue weighted by atomic mass is 10.2. The van der Waals surface area contributed by atoms with Crippen LogP contribution in [-0.4, -0.2) is 37.5 Å². The number of nitrogens with one attached hydrogen (secondary N) is 3. The molecule has 0 spiro atoms. The van der Waals surface area contributed by atoms with Crippen LogP contribution in [0.25, 0.3) is 0 Å². The fourth-order valence-electron chi connectivity index (χ4n) is 1.98. The molecule has 3 N–H and O–H groups in total. The van der Waals surface area contributed by atoms with E-state index in [4.69, 9.17) is 4.42 Å². The Bertz CT molecular complexity index is 660. The summed E-state index contributed by atoms with van der Waals surface area (Å²) in [4.78, 5) is 16.1. The van der Waals surface area contributed by atoms with Crippen LogP contribution >= 0.6 is 35.7 Å². The molecule has 1 heterocycles. The first kappa shape index (κ1) is 21.4. The van der Waals surface area contributed by atoms with Gasteiger partial charge in [0.1, 0.15) is 0 Å². The number of amides is 1. The van der Waals surface area contributed by atoms with Gasteiger partial charge in [0.15, 0.2) is 11.7 Å². The van der Waals surface area contributed by atoms with E-state index in [0.717, 1.165) is 29.5 Å². The molecule has 0 saturated carbocycles. The van der Waals surface area contributed by atoms with Crippen molar-refractivity contribution < 1.29 is 9.21 Å². The van der Waals surface area contributed by atoms with Gasteiger partial charge in [0.2, 0.25) is 0 Å². The third-order valence-electron chi connectivity index (χ3n) is 3.24. The second-order valence-corrected chi connectivity index (χ2v) is 5.96. The first-order valence-corrected chi connectivity index (χ1v) is 8.99. The number of aliphatic imine (C=N–C) groups is 1. The van der Waals surface area contributed by atoms with E-state index in [2.05, 4.69) is 27.2 Å². The number of carbonyl (C=O) groups is 1. The Balaban J connectivity index is 0.00000312. The molecule has 0 atom stereocenters. The lowest BCUT2D eigenvalue weighted by Gasteiger charge is -2.12. The van der Waals surface area contributed by atoms with Crippen molar-refractivity contribution in [1.29, 1.82) is 0 Å². The van der Waals surface area contributed by atoms with Crippen molar-refractivity contribution in [2.45, 2.75) is 6.54 Å². The fraction of sp³-hybridized carbons (Fsp3) is 0.294. The van der Waals surface area contributed by atoms with Crippen LogP contribution in [0, 0.1) is 0 Å². The van der Waals surface area contributed by atoms with Gasteiger partial charge in [-0.1, -0.05) is 12.1 Å². The highest BCUT2D eigenvalue weighted by Crippen LogP contribution is 2.11. The van der Waals surface area contributed by atoms with Gasteiger partial charge in [0.25, 0.3) is 5.91 Å². The molecule has 0 aliphatic carbocycles. The van der Waals surface area contributed by atoms with E-state index in [1.165, 1.54) is 6.26 Å². The maximum absolute atomic E-state index is 11.9. The second-order valence-electron chi connectivity index (χ2n) is 4.97. The van der Waals surface area contributed by atoms with Gasteiger partial charge in [-0.25, -0.2) is 0 Å². The van der Waals surface area contributed by atoms with Gasteiger partial charge < -0.3 is 20.4 Å². The monoisotopic (exact) mass is 474 g/mol. The molecule has 0 aliphatic rings. The number of hydrogen-bond acceptors (Lipinski definition) is 4. The molecule has 8 heteroatoms. The lowest BCUT2D eigenvalue weighted by molar-refractivity contribution is 0.0996. The summed E-state index contributed by atoms with van der Waals surface area (Å²) < 4.78 is 5.07. The van der Waals surface area contributed by atoms with Crippen molar-refractivity contribution >= 4 is 53.3 Å². The van der Waals surface area contributed by atoms with Crippen molar-refractivity contribution in [2.75, 3.05) is 30.9 Å². The van der Waals surface area contributed by atoms with Crippen molar-refractivity contribution in [3.8, 4) is 0 Å². The number of furan rings is 1. The van der Waals surface area contributed by atoms with Crippen LogP contribution in [0.1, 0.15) is 16.1 Å². The van der Waals surface area contributed by atoms with Crippen molar-refractivity contribution in [2.24, 2.45) is 4.99 Å². The molecule has 0 fully saturated rings. The third-order valence-corrected chi connectivity index (χ3v) is 3.85. The highest BCUT2D eigenvalue weighted by molar-refractivity contribution is 14.0. The first-order valence-electron chi connectivity index (χ1n) is 7.60. The summed E-state index contributed by atoms with van der Waals surface area (Å²) in [5.74, 6) is 1.84. The molecule has 2 rings (SSSR count). The SMILES string of the molecule is CN=C(NCCSC)NCc1ccc(NC(=O)c2ccco2)cc1.I. The molecule has 1 aromatic carbocycles. The lowest BCUT2D eigenvalue weighted by Crippen LogP contribution is -2.37. The smallest absolute Gasteiger partial charge is 0.291 e. The zero-order valence-corrected chi connectivity index (χ0v) is 17.4. The first-order chi connectivity index (χ1) is 11.7. The Labute approximate surface area is 169 Å². The minimum atomic E-state index is -0.260. The normalized spacial score (nSPS) is 10.7. The van der Waals surface area contributed by atoms with Gasteiger partial charge in [-0.05, 0) is 36.1 Å². The summed E-state index contributed by atoms with van der Waals surface area (Å²) in [6.07, 6.45) is 3.55. The van der Waals surface area contributed by atoms with E-state index in [1.54, 1.807) is 30.9 Å². The van der Waals surface area contributed by atoms with Crippen LogP contribution in [0.2, 0.25) is 0 Å². The molecular formula is C17H23IN4O2S. The number of thioether (sulfide) groups is 1. The zero-order valence-electron chi connectivity index (χ0n) is 14.2. The summed E-state index contributed by atoms with van der Waals surface area (Å²) in [5, 5.41) is 9.29. The molecule has 0 unspecified atom stereocenters. The maximum Gasteiger partial charge on any atom is 0.291 e. The van der Waals surface area contributed by atoms with Crippen LogP contribution in [0.5, 0.6) is 0 Å². The van der Waals surface area contributed by atoms with Crippen molar-refractivity contribution in [3.63, 3.8) is 0 Å². The molecule has 0 bridgehead atoms. The van der Waals surface area contributed by atoms with Crippen LogP contribution < -0.4 is 16.0 Å². The molecular weight excluding hydrogens is 451 g/mol. The minimum absolute atomic E-state index is 0. The predicted octanol–water partition coefficient (Wildman–Crippen LogP) is 3.18. The molecule has 0 saturated heterocycles. The van der Waals surface area contributed by atoms with E-state index in [9.17, 15) is 4.79 Å². The Morgan fingerprint density at radius 2 is 1.96 bits per heavy atom. The highest BCUT2D eigenvalue weighted by Gasteiger charge is 2.08. The standard InChI is InChI=1S/C17H22N4O2S.HI/c1-18-17(19-9-11-24-2)20-12-13-5-7-14(8-6-13)21-16(22)15-4-3-10-23-15;/h3-8,10H,9,11-12H2,1-2H3,(H,21,22)(H2,18,19,20);1H. The Morgan fingerprint density at radius 3 is 2.56 bits per heavy atom. The third kappa shape index (κ3) is 7.39. The molecule has 2 aromatic rings. The fourth-order valence-corrected chi connectivity index (χ4v) is 2.29. The summed E-state index contributed by atoms with van der Waals surface area (Å²) >= 11 is 1.79. The molecule has 136 valence electrons. The van der Waals surface area contributed by atoms with Gasteiger partial charge in [0.05, 0.1) is 6.26 Å². The number of rotatable bonds is 7. The summed E-state index contributed by atoms with van der Waals surface area (Å²) in [6, 6.07) is 11.0. The van der Waals surface area contributed by atoms with Crippen LogP contribution in [0.4, 0.5) is 5.69 Å². The molecule has 0 aliphatic heterocycles. The van der Waals surface area contributed by atoms with Crippen LogP contribution in [0.15, 0.2) is 52.1 Å². The number of carbonyl (C=O) groups excluding carboxylic acids is 1. The molecule has 0 radical (unpaired) electrons. The maximum atomic E-state index is 11.9. The quantitative estimate of drug-likeness (QED) is 0.249. The molecule has 6 nitrogen and oxygen atoms in total. The summed E-state index contributed by atoms with van der Waals surface area (Å²) in [7, 11) is 1.75. The highest BCUT2D eigenvalue weighted by atomic mass is 127. The van der Waals surface area contributed by atoms with Gasteiger partial charge in [0, 0.05) is 31.6 Å². The Hall–Kier alpha value is -1.68. The topological polar surface area (TPSA) is 78.7 Å². The number of anilines is 1. The zero-order chi connectivity index (χ0) is 17.2. The number of hydrogen-bond donors (Lipinski definition) is 3. The van der Waals surface area contributed by atoms with Gasteiger partial charge >= 0.3 is 0 Å². The van der Waals surface area contributed by atoms with Gasteiger partial charge in [-0.15, -0.1) is 24.0 Å². The Kier molecular flexibility index (Phi) is 10.1. The second kappa shape index (κ2) is 11.8. The minimum Gasteiger partial charge on any atom is -0.459 e. The van der Waals surface area contributed by atoms with Crippen LogP contribution in [-0.2, 0) is 6.54 Å². The van der Waals surface area contributed by atoms with Gasteiger partial charge in [-0.2, -0.15) is 11.8 Å². The van der Waals surface area contributed by atoms with E-state index in [0.29, 0.717) is 12.3 Å². The van der Waals surface area contributed by atoms with E-state index in [1.807, 2.05) is 24.3 Å². The van der Waals surface area contributed by atoms with Crippen LogP contribution in [0.3, 0.4) is 0 Å². The van der Waals surface area contributed by atoms with Gasteiger partial charge in [-0.3, -0.25) is 9.79 Å². The summed E-state index contributed by atoms with van der Waals surface area (Å²) in [5.41, 5.74) is 1.82. The number of halogens is 1. The number of benzene rings is 1. The number of nitrogens with zero attached hydrogens (tertiary/aromatic N) is 1. The van der Waals surface area contributed by atoms with Crippen molar-refractivity contribution in [1.82, 2.24) is 10.6 Å². The largest absolute Gasteiger partial charge is 0.459 e. The average Bonchev–Trinajstić information content (AvgIpc) is 3.14.